The number of terminal acetylenes is 1. The van der Waals surface area contributed by atoms with Gasteiger partial charge in [0, 0.05) is 0 Å². The third kappa shape index (κ3) is 2.96. The monoisotopic (exact) mass is 337 g/mol. The average molecular weight is 337 g/mol. The molecule has 0 spiro atoms. The van der Waals surface area contributed by atoms with Gasteiger partial charge in [0.2, 0.25) is 0 Å². The summed E-state index contributed by atoms with van der Waals surface area (Å²) in [7, 11) is -4.39. The fourth-order valence-electron chi connectivity index (χ4n) is 2.06. The molecule has 120 valence electrons. The van der Waals surface area contributed by atoms with E-state index in [1.54, 1.807) is 10.6 Å². The predicted octanol–water partition coefficient (Wildman–Crippen LogP) is -0.0252. The van der Waals surface area contributed by atoms with Gasteiger partial charge in [0.05, 0.1) is 6.33 Å². The molecule has 2 atom stereocenters. The Morgan fingerprint density at radius 1 is 1.52 bits per heavy atom. The first-order valence-electron chi connectivity index (χ1n) is 6.30. The van der Waals surface area contributed by atoms with Crippen LogP contribution in [0.2, 0.25) is 0 Å². The van der Waals surface area contributed by atoms with Crippen molar-refractivity contribution in [3.05, 3.63) is 24.8 Å². The fraction of sp³-hybridized carbons (Fsp3) is 0.250. The van der Waals surface area contributed by atoms with E-state index in [1.165, 1.54) is 18.7 Å². The Bertz CT molecular complexity index is 868. The topological polar surface area (TPSA) is 146 Å². The molecule has 0 saturated carbocycles. The van der Waals surface area contributed by atoms with E-state index >= 15 is 0 Å². The molecule has 10 nitrogen and oxygen atoms in total. The van der Waals surface area contributed by atoms with Crippen LogP contribution < -0.4 is 5.73 Å². The van der Waals surface area contributed by atoms with E-state index in [-0.39, 0.29) is 5.82 Å². The Hall–Kier alpha value is -2.28. The van der Waals surface area contributed by atoms with Crippen molar-refractivity contribution in [3.63, 3.8) is 0 Å². The van der Waals surface area contributed by atoms with Gasteiger partial charge < -0.3 is 25.0 Å². The van der Waals surface area contributed by atoms with Crippen molar-refractivity contribution in [2.45, 2.75) is 12.0 Å². The molecule has 2 aromatic rings. The van der Waals surface area contributed by atoms with E-state index < -0.39 is 26.0 Å². The first kappa shape index (κ1) is 15.6. The van der Waals surface area contributed by atoms with Gasteiger partial charge in [-0.3, -0.25) is 9.13 Å². The van der Waals surface area contributed by atoms with Crippen LogP contribution in [0, 0.1) is 12.3 Å². The molecular weight excluding hydrogens is 325 g/mol. The van der Waals surface area contributed by atoms with Crippen molar-refractivity contribution in [1.29, 1.82) is 0 Å². The van der Waals surface area contributed by atoms with Crippen LogP contribution in [0.5, 0.6) is 0 Å². The molecule has 0 radical (unpaired) electrons. The van der Waals surface area contributed by atoms with Crippen molar-refractivity contribution >= 4 is 24.6 Å². The Morgan fingerprint density at radius 2 is 2.30 bits per heavy atom. The highest BCUT2D eigenvalue weighted by Gasteiger charge is 2.38. The second-order valence-electron chi connectivity index (χ2n) is 4.70. The van der Waals surface area contributed by atoms with Crippen LogP contribution in [-0.4, -0.2) is 41.4 Å². The molecule has 4 N–H and O–H groups in total. The summed E-state index contributed by atoms with van der Waals surface area (Å²) in [6, 6.07) is 0. The zero-order chi connectivity index (χ0) is 16.7. The Labute approximate surface area is 130 Å². The molecule has 0 aromatic carbocycles. The summed E-state index contributed by atoms with van der Waals surface area (Å²) >= 11 is 0. The first-order valence-corrected chi connectivity index (χ1v) is 8.10. The Kier molecular flexibility index (Phi) is 3.68. The molecule has 0 unspecified atom stereocenters. The maximum atomic E-state index is 10.9. The number of hydrogen-bond donors (Lipinski definition) is 3. The minimum Gasteiger partial charge on any atom is -0.382 e. The molecule has 0 amide bonds. The van der Waals surface area contributed by atoms with Gasteiger partial charge in [-0.1, -0.05) is 0 Å². The van der Waals surface area contributed by atoms with Crippen molar-refractivity contribution in [2.24, 2.45) is 0 Å². The second kappa shape index (κ2) is 5.42. The third-order valence-corrected chi connectivity index (χ3v) is 3.55. The first-order chi connectivity index (χ1) is 10.8. The van der Waals surface area contributed by atoms with E-state index in [9.17, 15) is 4.57 Å². The highest BCUT2D eigenvalue weighted by atomic mass is 31.2. The lowest BCUT2D eigenvalue weighted by Crippen LogP contribution is -2.31. The number of ether oxygens (including phenoxy) is 2. The molecule has 11 heteroatoms. The van der Waals surface area contributed by atoms with Crippen molar-refractivity contribution < 1.29 is 23.8 Å². The summed E-state index contributed by atoms with van der Waals surface area (Å²) in [4.78, 5) is 29.8. The molecule has 1 aliphatic rings. The zero-order valence-electron chi connectivity index (χ0n) is 11.6. The zero-order valence-corrected chi connectivity index (χ0v) is 12.5. The lowest BCUT2D eigenvalue weighted by Gasteiger charge is -2.24. The Morgan fingerprint density at radius 3 is 3.00 bits per heavy atom. The quantitative estimate of drug-likeness (QED) is 0.398. The van der Waals surface area contributed by atoms with Gasteiger partial charge in [-0.25, -0.2) is 15.0 Å². The minimum absolute atomic E-state index is 0.219. The summed E-state index contributed by atoms with van der Waals surface area (Å²) in [6.45, 7) is 0. The third-order valence-electron chi connectivity index (χ3n) is 3.09. The largest absolute Gasteiger partial charge is 0.382 e. The summed E-state index contributed by atoms with van der Waals surface area (Å²) in [5.41, 5.74) is 6.54. The highest BCUT2D eigenvalue weighted by molar-refractivity contribution is 7.51. The number of aromatic nitrogens is 4. The number of imidazole rings is 1. The number of nitrogens with zero attached hydrogens (tertiary/aromatic N) is 4. The van der Waals surface area contributed by atoms with Crippen LogP contribution >= 0.6 is 7.60 Å². The van der Waals surface area contributed by atoms with Crippen LogP contribution in [0.15, 0.2) is 24.8 Å². The molecule has 3 rings (SSSR count). The van der Waals surface area contributed by atoms with Gasteiger partial charge in [-0.2, -0.15) is 0 Å². The number of hydrogen-bond acceptors (Lipinski definition) is 7. The smallest absolute Gasteiger partial charge is 0.351 e. The minimum atomic E-state index is -4.39. The number of anilines is 1. The van der Waals surface area contributed by atoms with Crippen LogP contribution in [0.3, 0.4) is 0 Å². The van der Waals surface area contributed by atoms with Crippen LogP contribution in [0.1, 0.15) is 6.23 Å². The van der Waals surface area contributed by atoms with Gasteiger partial charge in [0.1, 0.15) is 11.8 Å². The molecule has 0 bridgehead atoms. The molecule has 0 fully saturated rings. The maximum Gasteiger partial charge on any atom is 0.351 e. The highest BCUT2D eigenvalue weighted by Crippen LogP contribution is 2.39. The molecule has 0 saturated heterocycles. The molecule has 0 aliphatic carbocycles. The predicted molar refractivity (Wildman–Crippen MR) is 78.6 cm³/mol. The molecule has 23 heavy (non-hydrogen) atoms. The van der Waals surface area contributed by atoms with Crippen molar-refractivity contribution in [3.8, 4) is 12.3 Å². The number of nitrogen functional groups attached to an aromatic ring is 1. The molecule has 3 heterocycles. The second-order valence-corrected chi connectivity index (χ2v) is 6.29. The SMILES string of the molecule is C#C[C@]1(OCP(=O)(O)O)C=C[C@H](n2cnc3c(N)ncnc32)O1. The van der Waals surface area contributed by atoms with Gasteiger partial charge >= 0.3 is 7.60 Å². The number of nitrogens with two attached hydrogens (primary N) is 1. The summed E-state index contributed by atoms with van der Waals surface area (Å²) in [5.74, 6) is 0.775. The van der Waals surface area contributed by atoms with Crippen LogP contribution in [-0.2, 0) is 14.0 Å². The lowest BCUT2D eigenvalue weighted by atomic mass is 10.3. The van der Waals surface area contributed by atoms with Gasteiger partial charge in [0.15, 0.2) is 24.0 Å². The normalized spacial score (nSPS) is 24.1. The summed E-state index contributed by atoms with van der Waals surface area (Å²) in [5, 5.41) is 0. The standard InChI is InChI=1S/C12H12N5O5P/c1-2-12(21-7-23(18,19)20)4-3-8(22-12)17-6-16-9-10(13)14-5-15-11(9)17/h1,3-6,8H,7H2,(H2,13,14,15)(H2,18,19,20)/t8-,12-/m1/s1. The van der Waals surface area contributed by atoms with Gasteiger partial charge in [-0.15, -0.1) is 6.42 Å². The maximum absolute atomic E-state index is 10.9. The molecule has 1 aliphatic heterocycles. The van der Waals surface area contributed by atoms with Crippen molar-refractivity contribution in [2.75, 3.05) is 12.1 Å². The lowest BCUT2D eigenvalue weighted by molar-refractivity contribution is -0.175. The Balaban J connectivity index is 1.87. The van der Waals surface area contributed by atoms with Gasteiger partial charge in [-0.05, 0) is 18.1 Å². The number of fused-ring (bicyclic) bond motifs is 1. The van der Waals surface area contributed by atoms with E-state index in [4.69, 9.17) is 31.4 Å². The van der Waals surface area contributed by atoms with Gasteiger partial charge in [0.25, 0.3) is 5.79 Å². The summed E-state index contributed by atoms with van der Waals surface area (Å²) in [6.07, 6.45) is 9.48. The fourth-order valence-corrected chi connectivity index (χ4v) is 2.42. The number of rotatable bonds is 4. The van der Waals surface area contributed by atoms with E-state index in [0.717, 1.165) is 0 Å². The van der Waals surface area contributed by atoms with Crippen molar-refractivity contribution in [1.82, 2.24) is 19.5 Å². The van der Waals surface area contributed by atoms with Crippen LogP contribution in [0.25, 0.3) is 11.2 Å². The molecule has 2 aromatic heterocycles. The average Bonchev–Trinajstić information content (AvgIpc) is 3.09. The van der Waals surface area contributed by atoms with E-state index in [2.05, 4.69) is 20.9 Å². The van der Waals surface area contributed by atoms with E-state index in [1.807, 2.05) is 0 Å². The summed E-state index contributed by atoms with van der Waals surface area (Å²) < 4.78 is 23.2. The van der Waals surface area contributed by atoms with Crippen LogP contribution in [0.4, 0.5) is 5.82 Å². The van der Waals surface area contributed by atoms with E-state index in [0.29, 0.717) is 11.2 Å². The molecular formula is C12H12N5O5P.